The van der Waals surface area contributed by atoms with Gasteiger partial charge in [0.2, 0.25) is 5.91 Å². The second kappa shape index (κ2) is 9.83. The highest BCUT2D eigenvalue weighted by Gasteiger charge is 2.36. The molecular formula is C19H26N2O3S2. The van der Waals surface area contributed by atoms with Gasteiger partial charge in [-0.15, -0.1) is 0 Å². The third-order valence-electron chi connectivity index (χ3n) is 3.64. The second-order valence-corrected chi connectivity index (χ2v) is 7.64. The lowest BCUT2D eigenvalue weighted by Gasteiger charge is -2.18. The zero-order valence-corrected chi connectivity index (χ0v) is 17.7. The number of thiocarbonyl (C=S) groups is 1. The maximum atomic E-state index is 11.8. The second-order valence-electron chi connectivity index (χ2n) is 6.03. The first-order chi connectivity index (χ1) is 12.3. The molecule has 0 spiro atoms. The van der Waals surface area contributed by atoms with Gasteiger partial charge >= 0.3 is 0 Å². The number of thioether (sulfide) groups is 1. The Labute approximate surface area is 165 Å². The van der Waals surface area contributed by atoms with Crippen LogP contribution >= 0.6 is 24.0 Å². The lowest BCUT2D eigenvalue weighted by molar-refractivity contribution is -0.125. The Hall–Kier alpha value is -1.73. The first-order valence-electron chi connectivity index (χ1n) is 8.71. The Morgan fingerprint density at radius 1 is 0.885 bits per heavy atom. The van der Waals surface area contributed by atoms with E-state index in [1.54, 1.807) is 29.2 Å². The minimum absolute atomic E-state index is 0.0811. The summed E-state index contributed by atoms with van der Waals surface area (Å²) < 4.78 is 0.722. The lowest BCUT2D eigenvalue weighted by Crippen LogP contribution is -2.35. The number of fused-ring (bicyclic) bond motifs is 1. The van der Waals surface area contributed by atoms with Crippen LogP contribution in [0.5, 0.6) is 0 Å². The van der Waals surface area contributed by atoms with E-state index < -0.39 is 0 Å². The van der Waals surface area contributed by atoms with Gasteiger partial charge in [0, 0.05) is 12.1 Å². The van der Waals surface area contributed by atoms with E-state index in [4.69, 9.17) is 12.2 Å². The van der Waals surface area contributed by atoms with Crippen LogP contribution in [0.25, 0.3) is 0 Å². The number of amides is 3. The molecule has 0 atom stereocenters. The van der Waals surface area contributed by atoms with E-state index >= 15 is 0 Å². The molecule has 0 N–H and O–H groups in total. The molecule has 1 aromatic rings. The van der Waals surface area contributed by atoms with Crippen molar-refractivity contribution in [1.82, 2.24) is 9.80 Å². The number of imide groups is 1. The summed E-state index contributed by atoms with van der Waals surface area (Å²) in [6.45, 7) is 11.6. The third kappa shape index (κ3) is 4.71. The molecule has 142 valence electrons. The van der Waals surface area contributed by atoms with Gasteiger partial charge in [-0.05, 0) is 39.8 Å². The van der Waals surface area contributed by atoms with Crippen molar-refractivity contribution in [2.75, 3.05) is 5.75 Å². The van der Waals surface area contributed by atoms with E-state index in [-0.39, 0.29) is 29.8 Å². The fourth-order valence-electron chi connectivity index (χ4n) is 2.54. The molecule has 3 rings (SSSR count). The Balaban J connectivity index is 0.000000249. The number of hydrogen-bond acceptors (Lipinski definition) is 5. The summed E-state index contributed by atoms with van der Waals surface area (Å²) in [5.74, 6) is 0.308. The van der Waals surface area contributed by atoms with Crippen LogP contribution in [0.1, 0.15) is 62.3 Å². The molecule has 0 bridgehead atoms. The van der Waals surface area contributed by atoms with Crippen molar-refractivity contribution in [3.05, 3.63) is 35.4 Å². The zero-order valence-electron chi connectivity index (χ0n) is 16.1. The van der Waals surface area contributed by atoms with Crippen molar-refractivity contribution in [3.8, 4) is 0 Å². The van der Waals surface area contributed by atoms with Gasteiger partial charge in [0.25, 0.3) is 11.8 Å². The summed E-state index contributed by atoms with van der Waals surface area (Å²) in [6.07, 6.45) is 0. The zero-order chi connectivity index (χ0) is 20.0. The van der Waals surface area contributed by atoms with Crippen molar-refractivity contribution in [2.24, 2.45) is 0 Å². The van der Waals surface area contributed by atoms with Gasteiger partial charge in [-0.3, -0.25) is 24.2 Å². The molecule has 1 saturated heterocycles. The average Bonchev–Trinajstić information content (AvgIpc) is 3.07. The molecule has 1 fully saturated rings. The molecule has 2 aliphatic heterocycles. The molecule has 0 radical (unpaired) electrons. The van der Waals surface area contributed by atoms with Gasteiger partial charge in [-0.25, -0.2) is 0 Å². The summed E-state index contributed by atoms with van der Waals surface area (Å²) in [6, 6.07) is 7.06. The standard InChI is InChI=1S/C11H11NO2.C6H9NOS2.C2H6/c1-7(2)12-10(13)8-5-3-4-6-9(8)11(12)14;1-4(2)7-5(8)3-10-6(7)9;1-2/h3-7H,1-2H3;4H,3H2,1-2H3;1-2H3. The molecule has 1 aromatic carbocycles. The summed E-state index contributed by atoms with van der Waals surface area (Å²) in [4.78, 5) is 37.5. The van der Waals surface area contributed by atoms with E-state index in [9.17, 15) is 14.4 Å². The predicted molar refractivity (Wildman–Crippen MR) is 110 cm³/mol. The normalized spacial score (nSPS) is 15.8. The molecule has 26 heavy (non-hydrogen) atoms. The summed E-state index contributed by atoms with van der Waals surface area (Å²) in [5, 5.41) is 0. The molecule has 0 aromatic heterocycles. The highest BCUT2D eigenvalue weighted by Crippen LogP contribution is 2.24. The van der Waals surface area contributed by atoms with Gasteiger partial charge in [0.1, 0.15) is 4.32 Å². The summed E-state index contributed by atoms with van der Waals surface area (Å²) >= 11 is 6.41. The summed E-state index contributed by atoms with van der Waals surface area (Å²) in [5.41, 5.74) is 1.04. The smallest absolute Gasteiger partial charge is 0.261 e. The highest BCUT2D eigenvalue weighted by molar-refractivity contribution is 8.23. The van der Waals surface area contributed by atoms with Gasteiger partial charge in [0.05, 0.1) is 16.9 Å². The molecular weight excluding hydrogens is 368 g/mol. The maximum Gasteiger partial charge on any atom is 0.261 e. The van der Waals surface area contributed by atoms with Crippen LogP contribution in [0.2, 0.25) is 0 Å². The van der Waals surface area contributed by atoms with Crippen LogP contribution in [-0.4, -0.2) is 49.7 Å². The third-order valence-corrected chi connectivity index (χ3v) is 5.03. The predicted octanol–water partition coefficient (Wildman–Crippen LogP) is 3.97. The van der Waals surface area contributed by atoms with Crippen molar-refractivity contribution >= 4 is 46.0 Å². The first-order valence-corrected chi connectivity index (χ1v) is 10.1. The van der Waals surface area contributed by atoms with Crippen LogP contribution in [0.15, 0.2) is 24.3 Å². The van der Waals surface area contributed by atoms with Gasteiger partial charge in [-0.1, -0.05) is 50.0 Å². The van der Waals surface area contributed by atoms with E-state index in [0.29, 0.717) is 16.9 Å². The minimum Gasteiger partial charge on any atom is -0.294 e. The largest absolute Gasteiger partial charge is 0.294 e. The molecule has 2 aliphatic rings. The Morgan fingerprint density at radius 2 is 1.31 bits per heavy atom. The van der Waals surface area contributed by atoms with Crippen molar-refractivity contribution < 1.29 is 14.4 Å². The average molecular weight is 395 g/mol. The number of hydrogen-bond donors (Lipinski definition) is 0. The van der Waals surface area contributed by atoms with Crippen LogP contribution in [0, 0.1) is 0 Å². The van der Waals surface area contributed by atoms with Crippen LogP contribution in [-0.2, 0) is 4.79 Å². The number of nitrogens with zero attached hydrogens (tertiary/aromatic N) is 2. The molecule has 7 heteroatoms. The quantitative estimate of drug-likeness (QED) is 0.561. The summed E-state index contributed by atoms with van der Waals surface area (Å²) in [7, 11) is 0. The molecule has 0 aliphatic carbocycles. The highest BCUT2D eigenvalue weighted by atomic mass is 32.2. The molecule has 0 unspecified atom stereocenters. The molecule has 2 heterocycles. The van der Waals surface area contributed by atoms with Crippen LogP contribution in [0.4, 0.5) is 0 Å². The minimum atomic E-state index is -0.180. The van der Waals surface area contributed by atoms with Crippen molar-refractivity contribution in [3.63, 3.8) is 0 Å². The van der Waals surface area contributed by atoms with E-state index in [0.717, 1.165) is 4.32 Å². The topological polar surface area (TPSA) is 57.7 Å². The Bertz CT molecular complexity index is 651. The first kappa shape index (κ1) is 22.3. The molecule has 0 saturated carbocycles. The van der Waals surface area contributed by atoms with E-state index in [2.05, 4.69) is 0 Å². The Morgan fingerprint density at radius 3 is 1.58 bits per heavy atom. The number of benzene rings is 1. The molecule has 5 nitrogen and oxygen atoms in total. The van der Waals surface area contributed by atoms with Crippen molar-refractivity contribution in [2.45, 2.75) is 53.6 Å². The monoisotopic (exact) mass is 394 g/mol. The fraction of sp³-hybridized carbons (Fsp3) is 0.474. The van der Waals surface area contributed by atoms with Crippen molar-refractivity contribution in [1.29, 1.82) is 0 Å². The van der Waals surface area contributed by atoms with Crippen LogP contribution < -0.4 is 0 Å². The number of carbonyl (C=O) groups excluding carboxylic acids is 3. The van der Waals surface area contributed by atoms with Gasteiger partial charge in [0.15, 0.2) is 0 Å². The van der Waals surface area contributed by atoms with E-state index in [1.165, 1.54) is 16.7 Å². The molecule has 3 amide bonds. The van der Waals surface area contributed by atoms with Gasteiger partial charge < -0.3 is 0 Å². The number of carbonyl (C=O) groups is 3. The van der Waals surface area contributed by atoms with Crippen LogP contribution in [0.3, 0.4) is 0 Å². The van der Waals surface area contributed by atoms with Gasteiger partial charge in [-0.2, -0.15) is 0 Å². The lowest BCUT2D eigenvalue weighted by atomic mass is 10.1. The SMILES string of the molecule is CC.CC(C)N1C(=O)CSC1=S.CC(C)N1C(=O)c2ccccc2C1=O. The van der Waals surface area contributed by atoms with E-state index in [1.807, 2.05) is 41.5 Å². The Kier molecular flexibility index (Phi) is 8.43. The maximum absolute atomic E-state index is 11.8. The fourth-order valence-corrected chi connectivity index (χ4v) is 3.87. The number of rotatable bonds is 2.